The summed E-state index contributed by atoms with van der Waals surface area (Å²) in [4.78, 5) is 20.1. The summed E-state index contributed by atoms with van der Waals surface area (Å²) in [6, 6.07) is 11.1. The Kier molecular flexibility index (Phi) is 3.87. The Balaban J connectivity index is 1.82. The zero-order chi connectivity index (χ0) is 15.4. The van der Waals surface area contributed by atoms with E-state index >= 15 is 0 Å². The van der Waals surface area contributed by atoms with Gasteiger partial charge in [-0.1, -0.05) is 18.2 Å². The maximum Gasteiger partial charge on any atom is 0.271 e. The molecule has 0 bridgehead atoms. The summed E-state index contributed by atoms with van der Waals surface area (Å²) in [5, 5.41) is 5.03. The van der Waals surface area contributed by atoms with E-state index in [2.05, 4.69) is 20.5 Å². The molecule has 2 heterocycles. The van der Waals surface area contributed by atoms with Crippen molar-refractivity contribution >= 4 is 23.0 Å². The molecule has 0 fully saturated rings. The standard InChI is InChI=1S/C17H14N4O/c1-12-4-5-14(15-3-2-8-19-16(12)15)11-20-21-17(22)13-6-9-18-10-7-13/h2-11H,1H3,(H,21,22)/b20-11+. The number of hydrogen-bond acceptors (Lipinski definition) is 4. The van der Waals surface area contributed by atoms with Crippen molar-refractivity contribution in [2.24, 2.45) is 5.10 Å². The van der Waals surface area contributed by atoms with Gasteiger partial charge in [-0.15, -0.1) is 0 Å². The molecular weight excluding hydrogens is 276 g/mol. The predicted octanol–water partition coefficient (Wildman–Crippen LogP) is 2.70. The summed E-state index contributed by atoms with van der Waals surface area (Å²) in [5.74, 6) is -0.270. The topological polar surface area (TPSA) is 67.2 Å². The van der Waals surface area contributed by atoms with Crippen molar-refractivity contribution < 1.29 is 4.79 Å². The molecule has 5 heteroatoms. The van der Waals surface area contributed by atoms with Crippen molar-refractivity contribution in [1.29, 1.82) is 0 Å². The lowest BCUT2D eigenvalue weighted by Crippen LogP contribution is -2.17. The first-order chi connectivity index (χ1) is 10.8. The molecular formula is C17H14N4O. The van der Waals surface area contributed by atoms with Crippen LogP contribution in [0.1, 0.15) is 21.5 Å². The van der Waals surface area contributed by atoms with E-state index in [1.54, 1.807) is 36.9 Å². The van der Waals surface area contributed by atoms with Gasteiger partial charge in [0, 0.05) is 35.1 Å². The molecule has 3 rings (SSSR count). The monoisotopic (exact) mass is 290 g/mol. The lowest BCUT2D eigenvalue weighted by Gasteiger charge is -2.04. The lowest BCUT2D eigenvalue weighted by atomic mass is 10.1. The molecule has 2 aromatic heterocycles. The Hall–Kier alpha value is -3.08. The second-order valence-corrected chi connectivity index (χ2v) is 4.81. The van der Waals surface area contributed by atoms with E-state index in [0.29, 0.717) is 5.56 Å². The second-order valence-electron chi connectivity index (χ2n) is 4.81. The summed E-state index contributed by atoms with van der Waals surface area (Å²) in [7, 11) is 0. The number of amides is 1. The minimum atomic E-state index is -0.270. The van der Waals surface area contributed by atoms with Gasteiger partial charge in [-0.2, -0.15) is 5.10 Å². The summed E-state index contributed by atoms with van der Waals surface area (Å²) in [6.07, 6.45) is 6.53. The van der Waals surface area contributed by atoms with Crippen LogP contribution in [0.5, 0.6) is 0 Å². The van der Waals surface area contributed by atoms with E-state index in [9.17, 15) is 4.79 Å². The van der Waals surface area contributed by atoms with Crippen LogP contribution in [0.15, 0.2) is 60.1 Å². The molecule has 1 aromatic carbocycles. The molecule has 0 radical (unpaired) electrons. The van der Waals surface area contributed by atoms with Crippen molar-refractivity contribution in [1.82, 2.24) is 15.4 Å². The minimum Gasteiger partial charge on any atom is -0.267 e. The van der Waals surface area contributed by atoms with Gasteiger partial charge in [-0.3, -0.25) is 14.8 Å². The molecule has 3 aromatic rings. The van der Waals surface area contributed by atoms with Crippen LogP contribution < -0.4 is 5.43 Å². The first-order valence-electron chi connectivity index (χ1n) is 6.83. The molecule has 0 unspecified atom stereocenters. The van der Waals surface area contributed by atoms with Crippen molar-refractivity contribution in [2.45, 2.75) is 6.92 Å². The van der Waals surface area contributed by atoms with Crippen LogP contribution in [0, 0.1) is 6.92 Å². The zero-order valence-corrected chi connectivity index (χ0v) is 12.0. The molecule has 0 atom stereocenters. The fourth-order valence-electron chi connectivity index (χ4n) is 2.18. The quantitative estimate of drug-likeness (QED) is 0.595. The highest BCUT2D eigenvalue weighted by molar-refractivity contribution is 6.00. The SMILES string of the molecule is Cc1ccc(/C=N/NC(=O)c2ccncc2)c2cccnc12. The average molecular weight is 290 g/mol. The fraction of sp³-hybridized carbons (Fsp3) is 0.0588. The number of hydrazone groups is 1. The van der Waals surface area contributed by atoms with Crippen molar-refractivity contribution in [3.8, 4) is 0 Å². The molecule has 5 nitrogen and oxygen atoms in total. The lowest BCUT2D eigenvalue weighted by molar-refractivity contribution is 0.0955. The molecule has 1 N–H and O–H groups in total. The van der Waals surface area contributed by atoms with Gasteiger partial charge in [0.2, 0.25) is 0 Å². The van der Waals surface area contributed by atoms with Crippen LogP contribution in [-0.2, 0) is 0 Å². The van der Waals surface area contributed by atoms with Crippen molar-refractivity contribution in [3.63, 3.8) is 0 Å². The number of aryl methyl sites for hydroxylation is 1. The second kappa shape index (κ2) is 6.13. The molecule has 0 saturated carbocycles. The van der Waals surface area contributed by atoms with Crippen LogP contribution in [0.2, 0.25) is 0 Å². The minimum absolute atomic E-state index is 0.270. The fourth-order valence-corrected chi connectivity index (χ4v) is 2.18. The largest absolute Gasteiger partial charge is 0.271 e. The highest BCUT2D eigenvalue weighted by Gasteiger charge is 2.04. The van der Waals surface area contributed by atoms with Crippen LogP contribution in [-0.4, -0.2) is 22.1 Å². The van der Waals surface area contributed by atoms with Crippen molar-refractivity contribution in [3.05, 3.63) is 71.7 Å². The van der Waals surface area contributed by atoms with E-state index in [0.717, 1.165) is 22.0 Å². The summed E-state index contributed by atoms with van der Waals surface area (Å²) in [6.45, 7) is 2.02. The summed E-state index contributed by atoms with van der Waals surface area (Å²) < 4.78 is 0. The van der Waals surface area contributed by atoms with Gasteiger partial charge in [-0.05, 0) is 30.7 Å². The number of nitrogens with zero attached hydrogens (tertiary/aromatic N) is 3. The van der Waals surface area contributed by atoms with Gasteiger partial charge >= 0.3 is 0 Å². The number of nitrogens with one attached hydrogen (secondary N) is 1. The van der Waals surface area contributed by atoms with Gasteiger partial charge in [-0.25, -0.2) is 5.43 Å². The third-order valence-corrected chi connectivity index (χ3v) is 3.32. The molecule has 22 heavy (non-hydrogen) atoms. The Morgan fingerprint density at radius 1 is 1.14 bits per heavy atom. The first-order valence-corrected chi connectivity index (χ1v) is 6.83. The van der Waals surface area contributed by atoms with Crippen molar-refractivity contribution in [2.75, 3.05) is 0 Å². The van der Waals surface area contributed by atoms with E-state index in [1.807, 2.05) is 31.2 Å². The van der Waals surface area contributed by atoms with E-state index in [1.165, 1.54) is 0 Å². The number of fused-ring (bicyclic) bond motifs is 1. The van der Waals surface area contributed by atoms with E-state index in [-0.39, 0.29) is 5.91 Å². The number of aromatic nitrogens is 2. The van der Waals surface area contributed by atoms with Gasteiger partial charge in [0.1, 0.15) is 0 Å². The summed E-state index contributed by atoms with van der Waals surface area (Å²) >= 11 is 0. The number of hydrogen-bond donors (Lipinski definition) is 1. The normalized spacial score (nSPS) is 11.0. The molecule has 0 saturated heterocycles. The molecule has 108 valence electrons. The number of carbonyl (C=O) groups excluding carboxylic acids is 1. The third kappa shape index (κ3) is 2.83. The van der Waals surface area contributed by atoms with Gasteiger partial charge in [0.15, 0.2) is 0 Å². The van der Waals surface area contributed by atoms with Crippen LogP contribution >= 0.6 is 0 Å². The van der Waals surface area contributed by atoms with E-state index in [4.69, 9.17) is 0 Å². The molecule has 1 amide bonds. The Morgan fingerprint density at radius 2 is 1.95 bits per heavy atom. The highest BCUT2D eigenvalue weighted by Crippen LogP contribution is 2.18. The number of benzene rings is 1. The average Bonchev–Trinajstić information content (AvgIpc) is 2.58. The van der Waals surface area contributed by atoms with Gasteiger partial charge in [0.05, 0.1) is 11.7 Å². The highest BCUT2D eigenvalue weighted by atomic mass is 16.2. The van der Waals surface area contributed by atoms with E-state index < -0.39 is 0 Å². The van der Waals surface area contributed by atoms with Crippen LogP contribution in [0.25, 0.3) is 10.9 Å². The molecule has 0 spiro atoms. The molecule has 0 aliphatic rings. The maximum absolute atomic E-state index is 11.9. The number of carbonyl (C=O) groups is 1. The van der Waals surface area contributed by atoms with Gasteiger partial charge < -0.3 is 0 Å². The Labute approximate surface area is 127 Å². The smallest absolute Gasteiger partial charge is 0.267 e. The van der Waals surface area contributed by atoms with Gasteiger partial charge in [0.25, 0.3) is 5.91 Å². The number of rotatable bonds is 3. The maximum atomic E-state index is 11.9. The molecule has 0 aliphatic heterocycles. The van der Waals surface area contributed by atoms with Crippen LogP contribution in [0.3, 0.4) is 0 Å². The third-order valence-electron chi connectivity index (χ3n) is 3.32. The number of pyridine rings is 2. The summed E-state index contributed by atoms with van der Waals surface area (Å²) in [5.41, 5.74) is 5.97. The Morgan fingerprint density at radius 3 is 2.77 bits per heavy atom. The molecule has 0 aliphatic carbocycles. The van der Waals surface area contributed by atoms with Crippen LogP contribution in [0.4, 0.5) is 0 Å². The first kappa shape index (κ1) is 13.9. The Bertz CT molecular complexity index is 844. The predicted molar refractivity (Wildman–Crippen MR) is 85.8 cm³/mol. The zero-order valence-electron chi connectivity index (χ0n) is 12.0.